The molecule has 0 amide bonds. The number of hydrogen-bond donors (Lipinski definition) is 3. The number of ether oxygens (including phenoxy) is 2. The van der Waals surface area contributed by atoms with Crippen LogP contribution in [0.25, 0.3) is 0 Å². The molecule has 2 rings (SSSR count). The first-order valence-electron chi connectivity index (χ1n) is 7.92. The van der Waals surface area contributed by atoms with E-state index in [4.69, 9.17) is 44.9 Å². The number of thiocarbonyl (C=S) groups is 1. The van der Waals surface area contributed by atoms with Gasteiger partial charge in [0.15, 0.2) is 11.5 Å². The average Bonchev–Trinajstić information content (AvgIpc) is 2.62. The van der Waals surface area contributed by atoms with Crippen LogP contribution in [0.2, 0.25) is 10.0 Å². The lowest BCUT2D eigenvalue weighted by molar-refractivity contribution is -0.500. The van der Waals surface area contributed by atoms with Gasteiger partial charge in [-0.25, -0.2) is 0 Å². The van der Waals surface area contributed by atoms with Gasteiger partial charge in [0.05, 0.1) is 12.7 Å². The van der Waals surface area contributed by atoms with Gasteiger partial charge < -0.3 is 14.8 Å². The minimum Gasteiger partial charge on any atom is -0.493 e. The van der Waals surface area contributed by atoms with Crippen molar-refractivity contribution >= 4 is 46.7 Å². The zero-order valence-electron chi connectivity index (χ0n) is 14.4. The lowest BCUT2D eigenvalue weighted by Crippen LogP contribution is -2.82. The van der Waals surface area contributed by atoms with E-state index in [-0.39, 0.29) is 6.61 Å². The molecule has 0 aliphatic carbocycles. The predicted octanol–water partition coefficient (Wildman–Crippen LogP) is 2.48. The van der Waals surface area contributed by atoms with Crippen LogP contribution in [-0.4, -0.2) is 25.0 Å². The smallest absolute Gasteiger partial charge is 0.223 e. The normalized spacial score (nSPS) is 10.6. The predicted molar refractivity (Wildman–Crippen MR) is 109 cm³/mol. The van der Waals surface area contributed by atoms with Gasteiger partial charge in [0.1, 0.15) is 6.61 Å². The van der Waals surface area contributed by atoms with Gasteiger partial charge in [-0.2, -0.15) is 0 Å². The molecular weight excluding hydrogens is 393 g/mol. The van der Waals surface area contributed by atoms with Crippen LogP contribution in [0.1, 0.15) is 18.1 Å². The number of para-hydroxylation sites is 1. The molecule has 2 aromatic rings. The average molecular weight is 413 g/mol. The number of hydrazine groups is 1. The Kier molecular flexibility index (Phi) is 7.97. The zero-order valence-corrected chi connectivity index (χ0v) is 16.8. The Balaban J connectivity index is 2.20. The largest absolute Gasteiger partial charge is 0.493 e. The van der Waals surface area contributed by atoms with E-state index in [0.717, 1.165) is 12.1 Å². The van der Waals surface area contributed by atoms with Crippen molar-refractivity contribution in [2.24, 2.45) is 0 Å². The first-order chi connectivity index (χ1) is 12.6. The molecule has 138 valence electrons. The van der Waals surface area contributed by atoms with Gasteiger partial charge in [0, 0.05) is 22.2 Å². The third-order valence-electron chi connectivity index (χ3n) is 3.40. The van der Waals surface area contributed by atoms with Gasteiger partial charge in [-0.3, -0.25) is 0 Å². The summed E-state index contributed by atoms with van der Waals surface area (Å²) in [5.74, 6) is 1.16. The summed E-state index contributed by atoms with van der Waals surface area (Å²) in [4.78, 5) is 0. The van der Waals surface area contributed by atoms with E-state index < -0.39 is 0 Å². The number of benzene rings is 2. The van der Waals surface area contributed by atoms with Gasteiger partial charge in [0.2, 0.25) is 11.3 Å². The van der Waals surface area contributed by atoms with Crippen molar-refractivity contribution in [1.29, 1.82) is 0 Å². The molecule has 0 saturated heterocycles. The molecule has 2 aromatic carbocycles. The summed E-state index contributed by atoms with van der Waals surface area (Å²) in [6.45, 7) is 2.91. The van der Waals surface area contributed by atoms with Crippen molar-refractivity contribution < 1.29 is 14.6 Å². The third-order valence-corrected chi connectivity index (χ3v) is 4.36. The van der Waals surface area contributed by atoms with Crippen molar-refractivity contribution in [3.05, 3.63) is 57.6 Å². The molecule has 26 heavy (non-hydrogen) atoms. The molecule has 0 aromatic heterocycles. The second kappa shape index (κ2) is 10.2. The highest BCUT2D eigenvalue weighted by Crippen LogP contribution is 2.32. The fraction of sp³-hybridized carbons (Fsp3) is 0.222. The van der Waals surface area contributed by atoms with Crippen LogP contribution >= 0.6 is 35.4 Å². The van der Waals surface area contributed by atoms with E-state index in [2.05, 4.69) is 15.8 Å². The molecule has 0 heterocycles. The second-order valence-corrected chi connectivity index (χ2v) is 6.36. The van der Waals surface area contributed by atoms with Crippen LogP contribution in [0.3, 0.4) is 0 Å². The molecule has 0 fully saturated rings. The minimum absolute atomic E-state index is 0.211. The first kappa shape index (κ1) is 20.3. The van der Waals surface area contributed by atoms with Crippen molar-refractivity contribution in [3.63, 3.8) is 0 Å². The molecule has 5 nitrogen and oxygen atoms in total. The highest BCUT2D eigenvalue weighted by atomic mass is 35.5. The quantitative estimate of drug-likeness (QED) is 0.370. The Labute approximate surface area is 168 Å². The van der Waals surface area contributed by atoms with E-state index in [9.17, 15) is 0 Å². The molecular formula is C18H20Cl2N3O2S+. The standard InChI is InChI=1S/C18H19Cl2N3O2S/c1-3-21-18(26)23-22-10-12-6-4-9-16(24-2)17(12)25-11-13-14(19)7-5-8-15(13)20/h4-10H,3,11H2,1-2H3,(H2,21,23,26)/p+1. The number of nitrogens with one attached hydrogen (secondary N) is 3. The molecule has 0 aliphatic rings. The summed E-state index contributed by atoms with van der Waals surface area (Å²) in [5.41, 5.74) is 4.36. The van der Waals surface area contributed by atoms with Crippen molar-refractivity contribution in [2.75, 3.05) is 13.7 Å². The van der Waals surface area contributed by atoms with E-state index >= 15 is 0 Å². The van der Waals surface area contributed by atoms with Crippen LogP contribution < -0.4 is 25.3 Å². The Bertz CT molecular complexity index is 780. The van der Waals surface area contributed by atoms with Gasteiger partial charge in [0.25, 0.3) is 0 Å². The third kappa shape index (κ3) is 5.49. The zero-order chi connectivity index (χ0) is 18.9. The molecule has 0 bridgehead atoms. The van der Waals surface area contributed by atoms with Crippen LogP contribution in [-0.2, 0) is 6.61 Å². The van der Waals surface area contributed by atoms with E-state index in [1.54, 1.807) is 31.5 Å². The Morgan fingerprint density at radius 1 is 1.19 bits per heavy atom. The lowest BCUT2D eigenvalue weighted by atomic mass is 10.2. The number of hydrazone groups is 1. The summed E-state index contributed by atoms with van der Waals surface area (Å²) < 4.78 is 11.4. The second-order valence-electron chi connectivity index (χ2n) is 5.14. The van der Waals surface area contributed by atoms with Gasteiger partial charge in [-0.15, -0.1) is 10.5 Å². The molecule has 3 N–H and O–H groups in total. The number of methoxy groups -OCH3 is 1. The molecule has 8 heteroatoms. The molecule has 0 unspecified atom stereocenters. The highest BCUT2D eigenvalue weighted by Gasteiger charge is 2.14. The minimum atomic E-state index is 0.211. The van der Waals surface area contributed by atoms with Crippen LogP contribution in [0.15, 0.2) is 36.4 Å². The summed E-state index contributed by atoms with van der Waals surface area (Å²) in [6.07, 6.45) is 1.73. The van der Waals surface area contributed by atoms with E-state index in [1.165, 1.54) is 0 Å². The Morgan fingerprint density at radius 2 is 1.88 bits per heavy atom. The van der Waals surface area contributed by atoms with Crippen LogP contribution in [0, 0.1) is 0 Å². The lowest BCUT2D eigenvalue weighted by Gasteiger charge is -2.13. The fourth-order valence-corrected chi connectivity index (χ4v) is 2.87. The molecule has 0 saturated carbocycles. The van der Waals surface area contributed by atoms with Crippen molar-refractivity contribution in [3.8, 4) is 11.5 Å². The highest BCUT2D eigenvalue weighted by molar-refractivity contribution is 7.80. The fourth-order valence-electron chi connectivity index (χ4n) is 2.16. The number of rotatable bonds is 7. The van der Waals surface area contributed by atoms with Gasteiger partial charge in [-0.05, 0) is 43.4 Å². The molecule has 0 radical (unpaired) electrons. The first-order valence-corrected chi connectivity index (χ1v) is 9.08. The van der Waals surface area contributed by atoms with Gasteiger partial charge in [-0.1, -0.05) is 35.3 Å². The monoisotopic (exact) mass is 412 g/mol. The number of hydrogen-bond acceptors (Lipinski definition) is 3. The molecule has 0 atom stereocenters. The summed E-state index contributed by atoms with van der Waals surface area (Å²) in [6, 6.07) is 10.9. The maximum Gasteiger partial charge on any atom is 0.223 e. The van der Waals surface area contributed by atoms with Crippen LogP contribution in [0.4, 0.5) is 0 Å². The van der Waals surface area contributed by atoms with E-state index in [1.807, 2.05) is 25.1 Å². The topological polar surface area (TPSA) is 56.5 Å². The van der Waals surface area contributed by atoms with Crippen molar-refractivity contribution in [2.45, 2.75) is 13.5 Å². The SMILES string of the molecule is CCNC(=S)N[NH+]=Cc1cccc(OC)c1OCc1c(Cl)cccc1Cl. The van der Waals surface area contributed by atoms with E-state index in [0.29, 0.717) is 32.2 Å². The maximum absolute atomic E-state index is 6.21. The summed E-state index contributed by atoms with van der Waals surface area (Å²) in [5, 5.41) is 7.51. The van der Waals surface area contributed by atoms with Crippen molar-refractivity contribution in [1.82, 2.24) is 10.7 Å². The Morgan fingerprint density at radius 3 is 2.54 bits per heavy atom. The maximum atomic E-state index is 6.21. The van der Waals surface area contributed by atoms with Gasteiger partial charge >= 0.3 is 0 Å². The summed E-state index contributed by atoms with van der Waals surface area (Å²) in [7, 11) is 1.58. The Hall–Kier alpha value is -2.02. The van der Waals surface area contributed by atoms with Crippen LogP contribution in [0.5, 0.6) is 11.5 Å². The molecule has 0 aliphatic heterocycles. The number of halogens is 2. The summed E-state index contributed by atoms with van der Waals surface area (Å²) >= 11 is 17.5. The molecule has 0 spiro atoms.